The maximum atomic E-state index is 5.73. The van der Waals surface area contributed by atoms with Gasteiger partial charge in [0.1, 0.15) is 5.82 Å². The Balaban J connectivity index is 2.16. The zero-order chi connectivity index (χ0) is 14.5. The molecule has 1 unspecified atom stereocenters. The first-order valence-electron chi connectivity index (χ1n) is 6.91. The highest BCUT2D eigenvalue weighted by molar-refractivity contribution is 5.24. The van der Waals surface area contributed by atoms with E-state index in [1.807, 2.05) is 30.9 Å². The third-order valence-corrected chi connectivity index (χ3v) is 3.52. The van der Waals surface area contributed by atoms with Crippen LogP contribution in [0, 0.1) is 6.92 Å². The number of hydrogen-bond acceptors (Lipinski definition) is 5. The molecule has 0 aromatic carbocycles. The van der Waals surface area contributed by atoms with E-state index in [4.69, 9.17) is 5.84 Å². The highest BCUT2D eigenvalue weighted by Crippen LogP contribution is 2.21. The SMILES string of the molecule is CCc1nnc(C)cc1C(CCc1nccn1C)NN. The molecule has 0 saturated heterocycles. The Bertz CT molecular complexity index is 563. The molecule has 0 aliphatic heterocycles. The average Bonchev–Trinajstić information content (AvgIpc) is 2.85. The largest absolute Gasteiger partial charge is 0.338 e. The van der Waals surface area contributed by atoms with Gasteiger partial charge in [0.15, 0.2) is 0 Å². The molecule has 0 aliphatic carbocycles. The zero-order valence-corrected chi connectivity index (χ0v) is 12.3. The lowest BCUT2D eigenvalue weighted by molar-refractivity contribution is 0.499. The molecule has 6 heteroatoms. The van der Waals surface area contributed by atoms with E-state index >= 15 is 0 Å². The second kappa shape index (κ2) is 6.58. The Morgan fingerprint density at radius 1 is 1.40 bits per heavy atom. The summed E-state index contributed by atoms with van der Waals surface area (Å²) in [4.78, 5) is 4.34. The molecule has 20 heavy (non-hydrogen) atoms. The van der Waals surface area contributed by atoms with E-state index in [2.05, 4.69) is 33.6 Å². The molecule has 0 saturated carbocycles. The number of nitrogens with one attached hydrogen (secondary N) is 1. The molecule has 6 nitrogen and oxygen atoms in total. The summed E-state index contributed by atoms with van der Waals surface area (Å²) in [6.45, 7) is 4.03. The van der Waals surface area contributed by atoms with E-state index < -0.39 is 0 Å². The van der Waals surface area contributed by atoms with Crippen molar-refractivity contribution >= 4 is 0 Å². The molecule has 3 N–H and O–H groups in total. The lowest BCUT2D eigenvalue weighted by Crippen LogP contribution is -2.30. The van der Waals surface area contributed by atoms with Crippen LogP contribution in [0.4, 0.5) is 0 Å². The fraction of sp³-hybridized carbons (Fsp3) is 0.500. The summed E-state index contributed by atoms with van der Waals surface area (Å²) in [6.07, 6.45) is 6.36. The summed E-state index contributed by atoms with van der Waals surface area (Å²) in [5, 5.41) is 8.38. The highest BCUT2D eigenvalue weighted by atomic mass is 15.2. The quantitative estimate of drug-likeness (QED) is 0.611. The molecule has 2 rings (SSSR count). The number of aromatic nitrogens is 4. The van der Waals surface area contributed by atoms with E-state index in [1.54, 1.807) is 0 Å². The van der Waals surface area contributed by atoms with Crippen molar-refractivity contribution < 1.29 is 0 Å². The van der Waals surface area contributed by atoms with Crippen molar-refractivity contribution in [1.29, 1.82) is 0 Å². The Morgan fingerprint density at radius 2 is 2.20 bits per heavy atom. The first-order valence-corrected chi connectivity index (χ1v) is 6.91. The van der Waals surface area contributed by atoms with Crippen LogP contribution in [0.5, 0.6) is 0 Å². The lowest BCUT2D eigenvalue weighted by Gasteiger charge is -2.18. The number of imidazole rings is 1. The van der Waals surface area contributed by atoms with Gasteiger partial charge < -0.3 is 4.57 Å². The molecule has 2 aromatic rings. The maximum absolute atomic E-state index is 5.73. The monoisotopic (exact) mass is 274 g/mol. The van der Waals surface area contributed by atoms with Gasteiger partial charge in [0, 0.05) is 31.9 Å². The second-order valence-electron chi connectivity index (χ2n) is 4.95. The van der Waals surface area contributed by atoms with E-state index in [1.165, 1.54) is 0 Å². The number of aryl methyl sites for hydroxylation is 4. The maximum Gasteiger partial charge on any atom is 0.108 e. The van der Waals surface area contributed by atoms with Gasteiger partial charge in [0.2, 0.25) is 0 Å². The van der Waals surface area contributed by atoms with Crippen LogP contribution in [-0.4, -0.2) is 19.7 Å². The second-order valence-corrected chi connectivity index (χ2v) is 4.95. The molecule has 0 fully saturated rings. The number of rotatable bonds is 6. The van der Waals surface area contributed by atoms with Crippen molar-refractivity contribution in [2.75, 3.05) is 0 Å². The van der Waals surface area contributed by atoms with Crippen LogP contribution < -0.4 is 11.3 Å². The molecule has 0 spiro atoms. The molecule has 108 valence electrons. The van der Waals surface area contributed by atoms with Gasteiger partial charge in [-0.3, -0.25) is 11.3 Å². The predicted octanol–water partition coefficient (Wildman–Crippen LogP) is 1.22. The van der Waals surface area contributed by atoms with Crippen LogP contribution in [-0.2, 0) is 19.9 Å². The molecule has 0 aliphatic rings. The predicted molar refractivity (Wildman–Crippen MR) is 77.7 cm³/mol. The topological polar surface area (TPSA) is 81.7 Å². The van der Waals surface area contributed by atoms with E-state index in [-0.39, 0.29) is 6.04 Å². The third-order valence-electron chi connectivity index (χ3n) is 3.52. The van der Waals surface area contributed by atoms with Crippen LogP contribution >= 0.6 is 0 Å². The van der Waals surface area contributed by atoms with Gasteiger partial charge in [0.25, 0.3) is 0 Å². The van der Waals surface area contributed by atoms with Crippen LogP contribution in [0.2, 0.25) is 0 Å². The highest BCUT2D eigenvalue weighted by Gasteiger charge is 2.16. The minimum atomic E-state index is 0.0656. The Labute approximate surface area is 119 Å². The van der Waals surface area contributed by atoms with E-state index in [0.29, 0.717) is 0 Å². The number of hydrazine groups is 1. The Hall–Kier alpha value is -1.79. The molecule has 0 amide bonds. The summed E-state index contributed by atoms with van der Waals surface area (Å²) < 4.78 is 2.03. The number of nitrogens with zero attached hydrogens (tertiary/aromatic N) is 4. The van der Waals surface area contributed by atoms with Gasteiger partial charge >= 0.3 is 0 Å². The zero-order valence-electron chi connectivity index (χ0n) is 12.3. The van der Waals surface area contributed by atoms with Gasteiger partial charge in [-0.15, -0.1) is 0 Å². The fourth-order valence-corrected chi connectivity index (χ4v) is 2.35. The Morgan fingerprint density at radius 3 is 2.80 bits per heavy atom. The van der Waals surface area contributed by atoms with Crippen molar-refractivity contribution in [3.8, 4) is 0 Å². The first-order chi connectivity index (χ1) is 9.65. The van der Waals surface area contributed by atoms with Gasteiger partial charge in [-0.2, -0.15) is 10.2 Å². The molecular formula is C14H22N6. The summed E-state index contributed by atoms with van der Waals surface area (Å²) in [5.74, 6) is 6.79. The fourth-order valence-electron chi connectivity index (χ4n) is 2.35. The van der Waals surface area contributed by atoms with E-state index in [0.717, 1.165) is 42.0 Å². The average molecular weight is 274 g/mol. The standard InChI is InChI=1S/C14H22N6/c1-4-12-11(9-10(2)18-19-12)13(17-15)5-6-14-16-7-8-20(14)3/h7-9,13,17H,4-6,15H2,1-3H3. The molecule has 0 radical (unpaired) electrons. The third kappa shape index (κ3) is 3.20. The minimum Gasteiger partial charge on any atom is -0.338 e. The number of nitrogens with two attached hydrogens (primary N) is 1. The normalized spacial score (nSPS) is 12.6. The van der Waals surface area contributed by atoms with Crippen molar-refractivity contribution in [3.05, 3.63) is 41.2 Å². The van der Waals surface area contributed by atoms with Crippen molar-refractivity contribution in [2.24, 2.45) is 12.9 Å². The lowest BCUT2D eigenvalue weighted by atomic mass is 9.99. The molecular weight excluding hydrogens is 252 g/mol. The smallest absolute Gasteiger partial charge is 0.108 e. The van der Waals surface area contributed by atoms with Crippen molar-refractivity contribution in [2.45, 2.75) is 39.2 Å². The number of hydrogen-bond donors (Lipinski definition) is 2. The van der Waals surface area contributed by atoms with E-state index in [9.17, 15) is 0 Å². The van der Waals surface area contributed by atoms with Gasteiger partial charge in [-0.1, -0.05) is 6.92 Å². The molecule has 1 atom stereocenters. The molecule has 0 bridgehead atoms. The minimum absolute atomic E-state index is 0.0656. The summed E-state index contributed by atoms with van der Waals surface area (Å²) >= 11 is 0. The first kappa shape index (κ1) is 14.6. The summed E-state index contributed by atoms with van der Waals surface area (Å²) in [7, 11) is 2.00. The van der Waals surface area contributed by atoms with Gasteiger partial charge in [0.05, 0.1) is 11.4 Å². The van der Waals surface area contributed by atoms with Crippen LogP contribution in [0.15, 0.2) is 18.5 Å². The van der Waals surface area contributed by atoms with Gasteiger partial charge in [-0.25, -0.2) is 4.98 Å². The van der Waals surface area contributed by atoms with Crippen LogP contribution in [0.25, 0.3) is 0 Å². The Kier molecular flexibility index (Phi) is 4.81. The van der Waals surface area contributed by atoms with Crippen LogP contribution in [0.3, 0.4) is 0 Å². The van der Waals surface area contributed by atoms with Gasteiger partial charge in [-0.05, 0) is 31.4 Å². The summed E-state index contributed by atoms with van der Waals surface area (Å²) in [5.41, 5.74) is 5.94. The molecule has 2 aromatic heterocycles. The van der Waals surface area contributed by atoms with Crippen molar-refractivity contribution in [3.63, 3.8) is 0 Å². The van der Waals surface area contributed by atoms with Crippen LogP contribution in [0.1, 0.15) is 42.2 Å². The summed E-state index contributed by atoms with van der Waals surface area (Å²) in [6, 6.07) is 2.13. The van der Waals surface area contributed by atoms with Crippen molar-refractivity contribution in [1.82, 2.24) is 25.2 Å². The molecule has 2 heterocycles.